The Morgan fingerprint density at radius 3 is 2.85 bits per heavy atom. The molecule has 0 spiro atoms. The first-order valence-electron chi connectivity index (χ1n) is 7.50. The molecule has 0 aromatic heterocycles. The molecule has 6 nitrogen and oxygen atoms in total. The lowest BCUT2D eigenvalue weighted by atomic mass is 10.1. The minimum atomic E-state index is -0.820. The van der Waals surface area contributed by atoms with E-state index in [2.05, 4.69) is 17.1 Å². The highest BCUT2D eigenvalue weighted by Gasteiger charge is 2.36. The summed E-state index contributed by atoms with van der Waals surface area (Å²) in [5, 5.41) is 11.6. The third kappa shape index (κ3) is 3.62. The predicted molar refractivity (Wildman–Crippen MR) is 75.6 cm³/mol. The highest BCUT2D eigenvalue weighted by Crippen LogP contribution is 2.24. The van der Waals surface area contributed by atoms with E-state index in [1.165, 1.54) is 12.8 Å². The standard InChI is InChI=1S/C14H25N3O3/c1-10(5-6-13(18)19)15-14(20)17-9-12-4-3-7-16(12)8-11(17)2/h10-12H,3-9H2,1-2H3,(H,15,20)(H,18,19). The van der Waals surface area contributed by atoms with Crippen molar-refractivity contribution in [2.45, 2.75) is 57.7 Å². The molecule has 2 rings (SSSR count). The number of hydrogen-bond donors (Lipinski definition) is 2. The van der Waals surface area contributed by atoms with Gasteiger partial charge in [-0.25, -0.2) is 4.79 Å². The maximum absolute atomic E-state index is 12.3. The number of fused-ring (bicyclic) bond motifs is 1. The second kappa shape index (κ2) is 6.43. The quantitative estimate of drug-likeness (QED) is 0.811. The molecular weight excluding hydrogens is 258 g/mol. The maximum Gasteiger partial charge on any atom is 0.317 e. The molecule has 2 fully saturated rings. The van der Waals surface area contributed by atoms with Crippen molar-refractivity contribution in [3.05, 3.63) is 0 Å². The molecule has 2 aliphatic rings. The van der Waals surface area contributed by atoms with Crippen molar-refractivity contribution in [2.24, 2.45) is 0 Å². The summed E-state index contributed by atoms with van der Waals surface area (Å²) >= 11 is 0. The maximum atomic E-state index is 12.3. The molecule has 2 heterocycles. The average molecular weight is 283 g/mol. The van der Waals surface area contributed by atoms with E-state index in [1.807, 2.05) is 11.8 Å². The molecular formula is C14H25N3O3. The van der Waals surface area contributed by atoms with Crippen LogP contribution in [-0.2, 0) is 4.79 Å². The van der Waals surface area contributed by atoms with E-state index in [9.17, 15) is 9.59 Å². The summed E-state index contributed by atoms with van der Waals surface area (Å²) in [5.74, 6) is -0.820. The number of carbonyl (C=O) groups is 2. The number of carboxylic acids is 1. The van der Waals surface area contributed by atoms with E-state index in [0.717, 1.165) is 19.6 Å². The van der Waals surface area contributed by atoms with E-state index < -0.39 is 5.97 Å². The summed E-state index contributed by atoms with van der Waals surface area (Å²) in [4.78, 5) is 27.2. The van der Waals surface area contributed by atoms with Gasteiger partial charge in [0.25, 0.3) is 0 Å². The minimum absolute atomic E-state index is 0.0538. The van der Waals surface area contributed by atoms with E-state index >= 15 is 0 Å². The number of carboxylic acid groups (broad SMARTS) is 1. The predicted octanol–water partition coefficient (Wildman–Crippen LogP) is 1.12. The zero-order valence-corrected chi connectivity index (χ0v) is 12.3. The third-order valence-corrected chi connectivity index (χ3v) is 4.36. The molecule has 20 heavy (non-hydrogen) atoms. The lowest BCUT2D eigenvalue weighted by Crippen LogP contribution is -2.59. The van der Waals surface area contributed by atoms with Gasteiger partial charge in [-0.15, -0.1) is 0 Å². The Morgan fingerprint density at radius 1 is 1.40 bits per heavy atom. The molecule has 0 aromatic rings. The van der Waals surface area contributed by atoms with Gasteiger partial charge >= 0.3 is 12.0 Å². The second-order valence-electron chi connectivity index (χ2n) is 6.08. The van der Waals surface area contributed by atoms with Crippen LogP contribution in [0.1, 0.15) is 39.5 Å². The monoisotopic (exact) mass is 283 g/mol. The Kier molecular flexibility index (Phi) is 4.86. The zero-order valence-electron chi connectivity index (χ0n) is 12.3. The molecule has 2 N–H and O–H groups in total. The molecule has 2 saturated heterocycles. The first-order chi connectivity index (χ1) is 9.47. The fraction of sp³-hybridized carbons (Fsp3) is 0.857. The summed E-state index contributed by atoms with van der Waals surface area (Å²) in [6, 6.07) is 0.566. The van der Waals surface area contributed by atoms with Crippen LogP contribution in [0.5, 0.6) is 0 Å². The van der Waals surface area contributed by atoms with E-state index in [0.29, 0.717) is 12.5 Å². The van der Waals surface area contributed by atoms with Crippen LogP contribution in [0.3, 0.4) is 0 Å². The number of rotatable bonds is 4. The van der Waals surface area contributed by atoms with Crippen LogP contribution in [-0.4, -0.2) is 64.7 Å². The van der Waals surface area contributed by atoms with E-state index in [1.54, 1.807) is 0 Å². The number of carbonyl (C=O) groups excluding carboxylic acids is 1. The van der Waals surface area contributed by atoms with Gasteiger partial charge < -0.3 is 15.3 Å². The van der Waals surface area contributed by atoms with Crippen LogP contribution in [0.25, 0.3) is 0 Å². The van der Waals surface area contributed by atoms with Crippen molar-refractivity contribution < 1.29 is 14.7 Å². The molecule has 114 valence electrons. The number of amides is 2. The minimum Gasteiger partial charge on any atom is -0.481 e. The van der Waals surface area contributed by atoms with Gasteiger partial charge in [-0.1, -0.05) is 0 Å². The van der Waals surface area contributed by atoms with Gasteiger partial charge in [-0.2, -0.15) is 0 Å². The summed E-state index contributed by atoms with van der Waals surface area (Å²) < 4.78 is 0. The molecule has 6 heteroatoms. The molecule has 0 aliphatic carbocycles. The van der Waals surface area contributed by atoms with Crippen molar-refractivity contribution in [3.8, 4) is 0 Å². The summed E-state index contributed by atoms with van der Waals surface area (Å²) in [5.41, 5.74) is 0. The lowest BCUT2D eigenvalue weighted by Gasteiger charge is -2.42. The van der Waals surface area contributed by atoms with Crippen LogP contribution < -0.4 is 5.32 Å². The van der Waals surface area contributed by atoms with Gasteiger partial charge in [0.15, 0.2) is 0 Å². The molecule has 2 aliphatic heterocycles. The number of hydrogen-bond acceptors (Lipinski definition) is 3. The largest absolute Gasteiger partial charge is 0.481 e. The van der Waals surface area contributed by atoms with Gasteiger partial charge in [-0.05, 0) is 39.7 Å². The normalized spacial score (nSPS) is 28.0. The van der Waals surface area contributed by atoms with Crippen molar-refractivity contribution in [3.63, 3.8) is 0 Å². The third-order valence-electron chi connectivity index (χ3n) is 4.36. The first-order valence-corrected chi connectivity index (χ1v) is 7.50. The highest BCUT2D eigenvalue weighted by molar-refractivity contribution is 5.75. The van der Waals surface area contributed by atoms with Crippen molar-refractivity contribution in [2.75, 3.05) is 19.6 Å². The Balaban J connectivity index is 1.83. The molecule has 0 bridgehead atoms. The Labute approximate surface area is 120 Å². The van der Waals surface area contributed by atoms with Crippen LogP contribution in [0.4, 0.5) is 4.79 Å². The van der Waals surface area contributed by atoms with Crippen molar-refractivity contribution >= 4 is 12.0 Å². The van der Waals surface area contributed by atoms with Crippen LogP contribution in [0, 0.1) is 0 Å². The average Bonchev–Trinajstić information content (AvgIpc) is 2.82. The van der Waals surface area contributed by atoms with Crippen molar-refractivity contribution in [1.82, 2.24) is 15.1 Å². The Hall–Kier alpha value is -1.30. The van der Waals surface area contributed by atoms with E-state index in [4.69, 9.17) is 5.11 Å². The van der Waals surface area contributed by atoms with Crippen LogP contribution in [0.15, 0.2) is 0 Å². The fourth-order valence-corrected chi connectivity index (χ4v) is 3.18. The second-order valence-corrected chi connectivity index (χ2v) is 6.08. The number of piperazine rings is 1. The lowest BCUT2D eigenvalue weighted by molar-refractivity contribution is -0.137. The van der Waals surface area contributed by atoms with Crippen LogP contribution >= 0.6 is 0 Å². The molecule has 3 atom stereocenters. The Morgan fingerprint density at radius 2 is 2.15 bits per heavy atom. The van der Waals surface area contributed by atoms with Gasteiger partial charge in [-0.3, -0.25) is 9.69 Å². The smallest absolute Gasteiger partial charge is 0.317 e. The number of nitrogens with zero attached hydrogens (tertiary/aromatic N) is 2. The van der Waals surface area contributed by atoms with Gasteiger partial charge in [0.05, 0.1) is 0 Å². The van der Waals surface area contributed by atoms with Gasteiger partial charge in [0.2, 0.25) is 0 Å². The number of urea groups is 1. The number of aliphatic carboxylic acids is 1. The van der Waals surface area contributed by atoms with E-state index in [-0.39, 0.29) is 24.5 Å². The molecule has 2 amide bonds. The highest BCUT2D eigenvalue weighted by atomic mass is 16.4. The Bertz CT molecular complexity index is 375. The molecule has 0 aromatic carbocycles. The summed E-state index contributed by atoms with van der Waals surface area (Å²) in [7, 11) is 0. The zero-order chi connectivity index (χ0) is 14.7. The number of nitrogens with one attached hydrogen (secondary N) is 1. The fourth-order valence-electron chi connectivity index (χ4n) is 3.18. The molecule has 0 saturated carbocycles. The van der Waals surface area contributed by atoms with Crippen LogP contribution in [0.2, 0.25) is 0 Å². The SMILES string of the molecule is CC(CCC(=O)O)NC(=O)N1CC2CCCN2CC1C. The first kappa shape index (κ1) is 15.1. The van der Waals surface area contributed by atoms with Crippen molar-refractivity contribution in [1.29, 1.82) is 0 Å². The molecule has 0 radical (unpaired) electrons. The topological polar surface area (TPSA) is 72.9 Å². The summed E-state index contributed by atoms with van der Waals surface area (Å²) in [6.07, 6.45) is 2.96. The molecule has 3 unspecified atom stereocenters. The van der Waals surface area contributed by atoms with Gasteiger partial charge in [0, 0.05) is 37.6 Å². The summed E-state index contributed by atoms with van der Waals surface area (Å²) in [6.45, 7) is 6.83. The van der Waals surface area contributed by atoms with Gasteiger partial charge in [0.1, 0.15) is 0 Å².